The van der Waals surface area contributed by atoms with Crippen molar-refractivity contribution in [3.05, 3.63) is 0 Å². The van der Waals surface area contributed by atoms with Crippen LogP contribution in [0.15, 0.2) is 0 Å². The molecule has 17 heavy (non-hydrogen) atoms. The summed E-state index contributed by atoms with van der Waals surface area (Å²) in [5.41, 5.74) is 0. The molecule has 0 atom stereocenters. The topological polar surface area (TPSA) is 40.2 Å². The molecule has 0 amide bonds. The van der Waals surface area contributed by atoms with Crippen molar-refractivity contribution in [3.8, 4) is 0 Å². The number of hydrogen-bond donors (Lipinski definition) is 0. The van der Waals surface area contributed by atoms with E-state index in [1.165, 1.54) is 0 Å². The van der Waals surface area contributed by atoms with Crippen molar-refractivity contribution < 1.29 is 18.9 Å². The van der Waals surface area contributed by atoms with Crippen LogP contribution in [0.3, 0.4) is 0 Å². The molecule has 0 rings (SSSR count). The number of ether oxygens (including phenoxy) is 4. The van der Waals surface area contributed by atoms with E-state index in [2.05, 4.69) is 11.8 Å². The zero-order valence-corrected chi connectivity index (χ0v) is 11.4. The second kappa shape index (κ2) is 13.9. The van der Waals surface area contributed by atoms with Crippen molar-refractivity contribution in [3.63, 3.8) is 0 Å². The third-order valence-electron chi connectivity index (χ3n) is 2.28. The molecule has 0 fully saturated rings. The second-order valence-electron chi connectivity index (χ2n) is 3.76. The summed E-state index contributed by atoms with van der Waals surface area (Å²) in [6.07, 6.45) is 1.14. The van der Waals surface area contributed by atoms with E-state index in [0.29, 0.717) is 26.6 Å². The average molecular weight is 249 g/mol. The minimum atomic E-state index is 0.365. The lowest BCUT2D eigenvalue weighted by Crippen LogP contribution is -2.32. The largest absolute Gasteiger partial charge is 0.382 e. The minimum Gasteiger partial charge on any atom is -0.382 e. The van der Waals surface area contributed by atoms with Crippen LogP contribution in [0, 0.1) is 0 Å². The van der Waals surface area contributed by atoms with Gasteiger partial charge < -0.3 is 18.9 Å². The van der Waals surface area contributed by atoms with E-state index in [9.17, 15) is 0 Å². The van der Waals surface area contributed by atoms with Crippen LogP contribution in [-0.2, 0) is 18.9 Å². The summed E-state index contributed by atoms with van der Waals surface area (Å²) in [6.45, 7) is 8.24. The Morgan fingerprint density at radius 2 is 1.47 bits per heavy atom. The molecule has 0 aromatic carbocycles. The molecular weight excluding hydrogens is 222 g/mol. The fraction of sp³-hybridized carbons (Fsp3) is 1.00. The Morgan fingerprint density at radius 1 is 0.765 bits per heavy atom. The van der Waals surface area contributed by atoms with Gasteiger partial charge in [0, 0.05) is 27.3 Å². The summed E-state index contributed by atoms with van der Waals surface area (Å²) in [7, 11) is 3.31. The van der Waals surface area contributed by atoms with Crippen LogP contribution in [-0.4, -0.2) is 72.0 Å². The molecule has 0 aliphatic heterocycles. The fourth-order valence-electron chi connectivity index (χ4n) is 1.43. The first-order valence-electron chi connectivity index (χ1n) is 6.20. The molecule has 0 unspecified atom stereocenters. The summed E-state index contributed by atoms with van der Waals surface area (Å²) < 4.78 is 20.5. The number of methoxy groups -OCH3 is 2. The Bertz CT molecular complexity index is 146. The molecule has 104 valence electrons. The van der Waals surface area contributed by atoms with Gasteiger partial charge in [-0.25, -0.2) is 0 Å². The molecule has 0 bridgehead atoms. The Balaban J connectivity index is 3.45. The normalized spacial score (nSPS) is 11.3. The standard InChI is InChI=1S/C12H27NO4/c1-4-5-13(7-9-17-12-15-3)6-8-16-11-10-14-2/h4-12H2,1-3H3. The van der Waals surface area contributed by atoms with Crippen LogP contribution >= 0.6 is 0 Å². The number of hydrogen-bond acceptors (Lipinski definition) is 5. The van der Waals surface area contributed by atoms with E-state index < -0.39 is 0 Å². The monoisotopic (exact) mass is 249 g/mol. The van der Waals surface area contributed by atoms with E-state index in [-0.39, 0.29) is 0 Å². The molecule has 0 aliphatic rings. The van der Waals surface area contributed by atoms with E-state index in [4.69, 9.17) is 18.9 Å². The summed E-state index contributed by atoms with van der Waals surface area (Å²) in [5, 5.41) is 0. The lowest BCUT2D eigenvalue weighted by Gasteiger charge is -2.21. The summed E-state index contributed by atoms with van der Waals surface area (Å²) in [5.74, 6) is 0. The predicted molar refractivity (Wildman–Crippen MR) is 67.3 cm³/mol. The Morgan fingerprint density at radius 3 is 2.06 bits per heavy atom. The maximum atomic E-state index is 5.45. The van der Waals surface area contributed by atoms with Crippen molar-refractivity contribution in [1.82, 2.24) is 4.90 Å². The lowest BCUT2D eigenvalue weighted by molar-refractivity contribution is -0.0382. The number of rotatable bonds is 13. The van der Waals surface area contributed by atoms with Gasteiger partial charge in [-0.15, -0.1) is 0 Å². The Hall–Kier alpha value is -0.200. The highest BCUT2D eigenvalue weighted by Gasteiger charge is 2.03. The smallest absolute Gasteiger partial charge is 0.146 e. The average Bonchev–Trinajstić information content (AvgIpc) is 2.34. The Labute approximate surface area is 105 Å². The number of nitrogens with zero attached hydrogens (tertiary/aromatic N) is 1. The molecular formula is C12H27NO4. The molecule has 0 aromatic heterocycles. The van der Waals surface area contributed by atoms with Crippen LogP contribution in [0.5, 0.6) is 0 Å². The van der Waals surface area contributed by atoms with Crippen LogP contribution in [0.1, 0.15) is 13.3 Å². The molecule has 0 N–H and O–H groups in total. The van der Waals surface area contributed by atoms with Gasteiger partial charge in [-0.1, -0.05) is 6.92 Å². The van der Waals surface area contributed by atoms with Gasteiger partial charge in [0.25, 0.3) is 0 Å². The maximum Gasteiger partial charge on any atom is 0.146 e. The Kier molecular flexibility index (Phi) is 13.7. The first-order valence-corrected chi connectivity index (χ1v) is 6.20. The first kappa shape index (κ1) is 16.8. The summed E-state index contributed by atoms with van der Waals surface area (Å²) in [6, 6.07) is 0. The summed E-state index contributed by atoms with van der Waals surface area (Å²) >= 11 is 0. The van der Waals surface area contributed by atoms with E-state index in [0.717, 1.165) is 32.7 Å². The highest BCUT2D eigenvalue weighted by atomic mass is 16.7. The van der Waals surface area contributed by atoms with Gasteiger partial charge in [-0.05, 0) is 13.0 Å². The predicted octanol–water partition coefficient (Wildman–Crippen LogP) is 0.982. The van der Waals surface area contributed by atoms with Gasteiger partial charge in [0.2, 0.25) is 0 Å². The molecule has 0 aliphatic carbocycles. The van der Waals surface area contributed by atoms with Gasteiger partial charge in [-0.3, -0.25) is 4.90 Å². The third-order valence-corrected chi connectivity index (χ3v) is 2.28. The summed E-state index contributed by atoms with van der Waals surface area (Å²) in [4.78, 5) is 2.34. The molecule has 0 aromatic rings. The second-order valence-corrected chi connectivity index (χ2v) is 3.76. The zero-order valence-electron chi connectivity index (χ0n) is 11.4. The lowest BCUT2D eigenvalue weighted by atomic mass is 10.4. The van der Waals surface area contributed by atoms with Crippen molar-refractivity contribution >= 4 is 0 Å². The van der Waals surface area contributed by atoms with Gasteiger partial charge >= 0.3 is 0 Å². The first-order chi connectivity index (χ1) is 8.35. The molecule has 0 heterocycles. The fourth-order valence-corrected chi connectivity index (χ4v) is 1.43. The van der Waals surface area contributed by atoms with Crippen LogP contribution in [0.4, 0.5) is 0 Å². The van der Waals surface area contributed by atoms with Gasteiger partial charge in [0.15, 0.2) is 0 Å². The van der Waals surface area contributed by atoms with Gasteiger partial charge in [-0.2, -0.15) is 0 Å². The molecule has 5 nitrogen and oxygen atoms in total. The molecule has 0 saturated carbocycles. The van der Waals surface area contributed by atoms with Crippen LogP contribution in [0.2, 0.25) is 0 Å². The highest BCUT2D eigenvalue weighted by Crippen LogP contribution is 1.92. The van der Waals surface area contributed by atoms with Crippen molar-refractivity contribution in [2.24, 2.45) is 0 Å². The molecule has 0 radical (unpaired) electrons. The molecule has 0 spiro atoms. The van der Waals surface area contributed by atoms with Crippen LogP contribution < -0.4 is 0 Å². The van der Waals surface area contributed by atoms with E-state index >= 15 is 0 Å². The zero-order chi connectivity index (χ0) is 12.8. The van der Waals surface area contributed by atoms with Gasteiger partial charge in [0.05, 0.1) is 26.4 Å². The minimum absolute atomic E-state index is 0.365. The van der Waals surface area contributed by atoms with Gasteiger partial charge in [0.1, 0.15) is 6.79 Å². The quantitative estimate of drug-likeness (QED) is 0.359. The van der Waals surface area contributed by atoms with E-state index in [1.54, 1.807) is 14.2 Å². The molecule has 5 heteroatoms. The van der Waals surface area contributed by atoms with Crippen molar-refractivity contribution in [2.75, 3.05) is 67.1 Å². The third kappa shape index (κ3) is 12.1. The molecule has 0 saturated heterocycles. The SMILES string of the molecule is CCCN(CCOCCOC)CCOCOC. The van der Waals surface area contributed by atoms with Crippen LogP contribution in [0.25, 0.3) is 0 Å². The van der Waals surface area contributed by atoms with Crippen molar-refractivity contribution in [2.45, 2.75) is 13.3 Å². The highest BCUT2D eigenvalue weighted by molar-refractivity contribution is 4.55. The van der Waals surface area contributed by atoms with E-state index in [1.807, 2.05) is 0 Å². The maximum absolute atomic E-state index is 5.45. The van der Waals surface area contributed by atoms with Crippen molar-refractivity contribution in [1.29, 1.82) is 0 Å².